The van der Waals surface area contributed by atoms with E-state index in [0.29, 0.717) is 13.0 Å². The Morgan fingerprint density at radius 3 is 3.00 bits per heavy atom. The molecule has 0 aromatic carbocycles. The smallest absolute Gasteiger partial charge is 0.255 e. The van der Waals surface area contributed by atoms with E-state index in [9.17, 15) is 4.79 Å². The van der Waals surface area contributed by atoms with E-state index < -0.39 is 0 Å². The van der Waals surface area contributed by atoms with Gasteiger partial charge in [-0.25, -0.2) is 4.98 Å². The molecule has 2 aromatic heterocycles. The van der Waals surface area contributed by atoms with Crippen LogP contribution in [0.3, 0.4) is 0 Å². The largest absolute Gasteiger partial charge is 0.291 e. The molecule has 84 valence electrons. The number of hydrogen-bond acceptors (Lipinski definition) is 3. The van der Waals surface area contributed by atoms with Crippen LogP contribution in [0.4, 0.5) is 0 Å². The van der Waals surface area contributed by atoms with Crippen LogP contribution in [0.15, 0.2) is 28.4 Å². The molecule has 3 nitrogen and oxygen atoms in total. The van der Waals surface area contributed by atoms with E-state index in [1.165, 1.54) is 6.07 Å². The molecule has 2 rings (SSSR count). The zero-order chi connectivity index (χ0) is 11.5. The molecule has 0 saturated carbocycles. The molecular formula is C11H11ClN2OS. The van der Waals surface area contributed by atoms with Crippen LogP contribution in [0.5, 0.6) is 0 Å². The van der Waals surface area contributed by atoms with Crippen LogP contribution < -0.4 is 5.56 Å². The van der Waals surface area contributed by atoms with Crippen LogP contribution in [0.1, 0.15) is 17.6 Å². The van der Waals surface area contributed by atoms with Gasteiger partial charge in [-0.2, -0.15) is 0 Å². The molecule has 0 radical (unpaired) electrons. The summed E-state index contributed by atoms with van der Waals surface area (Å²) in [7, 11) is 0. The van der Waals surface area contributed by atoms with Crippen molar-refractivity contribution in [2.75, 3.05) is 0 Å². The molecule has 0 amide bonds. The number of rotatable bonds is 3. The van der Waals surface area contributed by atoms with Gasteiger partial charge in [-0.1, -0.05) is 24.6 Å². The Morgan fingerprint density at radius 2 is 2.38 bits per heavy atom. The molecule has 5 heteroatoms. The summed E-state index contributed by atoms with van der Waals surface area (Å²) in [5, 5.41) is 2.26. The number of thiophene rings is 1. The zero-order valence-electron chi connectivity index (χ0n) is 8.81. The third kappa shape index (κ3) is 2.33. The minimum atomic E-state index is -0.0924. The highest BCUT2D eigenvalue weighted by Gasteiger charge is 2.07. The molecule has 16 heavy (non-hydrogen) atoms. The Hall–Kier alpha value is -1.13. The van der Waals surface area contributed by atoms with Crippen molar-refractivity contribution in [2.24, 2.45) is 0 Å². The second-order valence-corrected chi connectivity index (χ2v) is 4.77. The predicted molar refractivity (Wildman–Crippen MR) is 66.3 cm³/mol. The van der Waals surface area contributed by atoms with E-state index >= 15 is 0 Å². The van der Waals surface area contributed by atoms with Crippen LogP contribution >= 0.6 is 22.9 Å². The summed E-state index contributed by atoms with van der Waals surface area (Å²) in [6.45, 7) is 2.53. The molecule has 0 atom stereocenters. The highest BCUT2D eigenvalue weighted by atomic mass is 35.5. The van der Waals surface area contributed by atoms with E-state index in [1.54, 1.807) is 15.9 Å². The first-order valence-electron chi connectivity index (χ1n) is 4.99. The van der Waals surface area contributed by atoms with Crippen molar-refractivity contribution in [1.82, 2.24) is 9.55 Å². The summed E-state index contributed by atoms with van der Waals surface area (Å²) < 4.78 is 1.66. The molecule has 0 spiro atoms. The van der Waals surface area contributed by atoms with Gasteiger partial charge in [-0.05, 0) is 11.4 Å². The van der Waals surface area contributed by atoms with Gasteiger partial charge in [0.1, 0.15) is 11.0 Å². The molecule has 0 bridgehead atoms. The molecule has 0 fully saturated rings. The number of nitrogens with zero attached hydrogens (tertiary/aromatic N) is 2. The van der Waals surface area contributed by atoms with Crippen molar-refractivity contribution in [3.05, 3.63) is 49.8 Å². The Bertz CT molecular complexity index is 533. The van der Waals surface area contributed by atoms with Crippen LogP contribution in [-0.4, -0.2) is 9.55 Å². The van der Waals surface area contributed by atoms with Crippen molar-refractivity contribution in [1.29, 1.82) is 0 Å². The van der Waals surface area contributed by atoms with Crippen LogP contribution in [-0.2, 0) is 13.0 Å². The van der Waals surface area contributed by atoms with Crippen molar-refractivity contribution < 1.29 is 0 Å². The monoisotopic (exact) mass is 254 g/mol. The fraction of sp³-hybridized carbons (Fsp3) is 0.273. The predicted octanol–water partition coefficient (Wildman–Crippen LogP) is 2.57. The van der Waals surface area contributed by atoms with Gasteiger partial charge in [-0.15, -0.1) is 11.3 Å². The number of hydrogen-bond donors (Lipinski definition) is 0. The van der Waals surface area contributed by atoms with Crippen LogP contribution in [0.25, 0.3) is 0 Å². The molecule has 0 N–H and O–H groups in total. The standard InChI is InChI=1S/C11H11ClN2OS/c1-2-10-13-9(12)6-11(15)14(10)7-8-4-3-5-16-8/h3-6H,2,7H2,1H3. The van der Waals surface area contributed by atoms with Gasteiger partial charge in [0.15, 0.2) is 0 Å². The lowest BCUT2D eigenvalue weighted by Gasteiger charge is -2.09. The van der Waals surface area contributed by atoms with E-state index in [4.69, 9.17) is 11.6 Å². The van der Waals surface area contributed by atoms with E-state index in [0.717, 1.165) is 10.7 Å². The molecule has 0 unspecified atom stereocenters. The maximum Gasteiger partial charge on any atom is 0.255 e. The summed E-state index contributed by atoms with van der Waals surface area (Å²) in [6.07, 6.45) is 0.696. The second kappa shape index (κ2) is 4.80. The third-order valence-electron chi connectivity index (χ3n) is 2.27. The van der Waals surface area contributed by atoms with Gasteiger partial charge in [-0.3, -0.25) is 9.36 Å². The fourth-order valence-corrected chi connectivity index (χ4v) is 2.40. The van der Waals surface area contributed by atoms with E-state index in [-0.39, 0.29) is 10.7 Å². The summed E-state index contributed by atoms with van der Waals surface area (Å²) >= 11 is 7.39. The van der Waals surface area contributed by atoms with Crippen LogP contribution in [0, 0.1) is 0 Å². The SMILES string of the molecule is CCc1nc(Cl)cc(=O)n1Cc1cccs1. The molecular weight excluding hydrogens is 244 g/mol. The Morgan fingerprint density at radius 1 is 1.56 bits per heavy atom. The molecule has 2 aromatic rings. The van der Waals surface area contributed by atoms with Gasteiger partial charge < -0.3 is 0 Å². The topological polar surface area (TPSA) is 34.9 Å². The van der Waals surface area contributed by atoms with Gasteiger partial charge in [0.05, 0.1) is 6.54 Å². The minimum Gasteiger partial charge on any atom is -0.291 e. The average Bonchev–Trinajstić information content (AvgIpc) is 2.74. The third-order valence-corrected chi connectivity index (χ3v) is 3.32. The molecule has 0 saturated heterocycles. The number of aryl methyl sites for hydroxylation is 1. The summed E-state index contributed by atoms with van der Waals surface area (Å²) in [4.78, 5) is 17.1. The van der Waals surface area contributed by atoms with E-state index in [2.05, 4.69) is 4.98 Å². The Labute approximate surface area is 102 Å². The summed E-state index contributed by atoms with van der Waals surface area (Å²) in [5.41, 5.74) is -0.0924. The minimum absolute atomic E-state index is 0.0924. The lowest BCUT2D eigenvalue weighted by molar-refractivity contribution is 0.681. The molecule has 2 heterocycles. The first kappa shape index (κ1) is 11.4. The maximum absolute atomic E-state index is 11.8. The molecule has 0 aliphatic heterocycles. The Balaban J connectivity index is 2.43. The lowest BCUT2D eigenvalue weighted by atomic mass is 10.4. The Kier molecular flexibility index (Phi) is 3.41. The molecule has 0 aliphatic carbocycles. The van der Waals surface area contributed by atoms with Crippen molar-refractivity contribution in [2.45, 2.75) is 19.9 Å². The van der Waals surface area contributed by atoms with E-state index in [1.807, 2.05) is 24.4 Å². The average molecular weight is 255 g/mol. The highest BCUT2D eigenvalue weighted by molar-refractivity contribution is 7.09. The lowest BCUT2D eigenvalue weighted by Crippen LogP contribution is -2.24. The second-order valence-electron chi connectivity index (χ2n) is 3.35. The van der Waals surface area contributed by atoms with Crippen molar-refractivity contribution in [3.63, 3.8) is 0 Å². The summed E-state index contributed by atoms with van der Waals surface area (Å²) in [5.74, 6) is 0.728. The fourth-order valence-electron chi connectivity index (χ4n) is 1.52. The summed E-state index contributed by atoms with van der Waals surface area (Å²) in [6, 6.07) is 5.33. The molecule has 0 aliphatic rings. The van der Waals surface area contributed by atoms with Crippen molar-refractivity contribution >= 4 is 22.9 Å². The van der Waals surface area contributed by atoms with Gasteiger partial charge in [0, 0.05) is 17.4 Å². The van der Waals surface area contributed by atoms with Crippen LogP contribution in [0.2, 0.25) is 5.15 Å². The number of halogens is 1. The maximum atomic E-state index is 11.8. The number of aromatic nitrogens is 2. The van der Waals surface area contributed by atoms with Gasteiger partial charge in [0.2, 0.25) is 0 Å². The first-order valence-corrected chi connectivity index (χ1v) is 6.25. The first-order chi connectivity index (χ1) is 7.70. The van der Waals surface area contributed by atoms with Gasteiger partial charge >= 0.3 is 0 Å². The highest BCUT2D eigenvalue weighted by Crippen LogP contribution is 2.11. The normalized spacial score (nSPS) is 10.6. The zero-order valence-corrected chi connectivity index (χ0v) is 10.4. The van der Waals surface area contributed by atoms with Crippen molar-refractivity contribution in [3.8, 4) is 0 Å². The van der Waals surface area contributed by atoms with Gasteiger partial charge in [0.25, 0.3) is 5.56 Å². The quantitative estimate of drug-likeness (QED) is 0.789.